The van der Waals surface area contributed by atoms with E-state index < -0.39 is 12.1 Å². The van der Waals surface area contributed by atoms with Gasteiger partial charge in [0, 0.05) is 6.21 Å². The van der Waals surface area contributed by atoms with Gasteiger partial charge in [-0.1, -0.05) is 30.8 Å². The molecule has 0 saturated heterocycles. The van der Waals surface area contributed by atoms with Gasteiger partial charge in [-0.2, -0.15) is 0 Å². The molecule has 0 radical (unpaired) electrons. The summed E-state index contributed by atoms with van der Waals surface area (Å²) < 4.78 is 5.21. The Bertz CT molecular complexity index is 557. The van der Waals surface area contributed by atoms with Gasteiger partial charge < -0.3 is 10.5 Å². The van der Waals surface area contributed by atoms with Crippen LogP contribution in [-0.2, 0) is 0 Å². The lowest BCUT2D eigenvalue weighted by molar-refractivity contribution is 0.0941. The summed E-state index contributed by atoms with van der Waals surface area (Å²) in [6, 6.07) is 7.09. The van der Waals surface area contributed by atoms with Crippen molar-refractivity contribution in [3.05, 3.63) is 29.8 Å². The number of aliphatic imine (C=N–C) groups is 2. The number of benzene rings is 1. The standard InChI is InChI=1S/C14H17N3O2S/c1-3-20-14-16-8-10(13(15)17-14)12(18)9-6-4-5-7-11(9)19-2/h4-8,10,13H,3,15H2,1-2H3. The molecule has 1 aromatic carbocycles. The van der Waals surface area contributed by atoms with Gasteiger partial charge in [-0.05, 0) is 17.9 Å². The molecular formula is C14H17N3O2S. The van der Waals surface area contributed by atoms with Crippen LogP contribution in [0.15, 0.2) is 34.3 Å². The number of ether oxygens (including phenoxy) is 1. The molecule has 1 aromatic rings. The number of carbonyl (C=O) groups is 1. The summed E-state index contributed by atoms with van der Waals surface area (Å²) in [6.45, 7) is 2.01. The highest BCUT2D eigenvalue weighted by atomic mass is 32.2. The Labute approximate surface area is 122 Å². The smallest absolute Gasteiger partial charge is 0.184 e. The van der Waals surface area contributed by atoms with E-state index in [1.165, 1.54) is 18.9 Å². The van der Waals surface area contributed by atoms with Crippen molar-refractivity contribution in [1.82, 2.24) is 0 Å². The minimum atomic E-state index is -0.598. The lowest BCUT2D eigenvalue weighted by Crippen LogP contribution is -2.38. The first-order valence-electron chi connectivity index (χ1n) is 6.35. The molecule has 2 unspecified atom stereocenters. The molecule has 5 nitrogen and oxygen atoms in total. The van der Waals surface area contributed by atoms with Gasteiger partial charge in [0.25, 0.3) is 0 Å². The summed E-state index contributed by atoms with van der Waals surface area (Å²) in [5.41, 5.74) is 6.48. The number of methoxy groups -OCH3 is 1. The number of ketones is 1. The summed E-state index contributed by atoms with van der Waals surface area (Å²) in [6.07, 6.45) is 0.990. The monoisotopic (exact) mass is 291 g/mol. The van der Waals surface area contributed by atoms with Gasteiger partial charge in [0.15, 0.2) is 11.0 Å². The number of carbonyl (C=O) groups excluding carboxylic acids is 1. The van der Waals surface area contributed by atoms with Crippen molar-refractivity contribution in [2.75, 3.05) is 12.9 Å². The van der Waals surface area contributed by atoms with Crippen LogP contribution in [0.25, 0.3) is 0 Å². The normalized spacial score (nSPS) is 21.4. The first kappa shape index (κ1) is 14.7. The molecular weight excluding hydrogens is 274 g/mol. The van der Waals surface area contributed by atoms with Gasteiger partial charge in [0.2, 0.25) is 0 Å². The number of Topliss-reactive ketones (excluding diaryl/α,β-unsaturated/α-hetero) is 1. The fourth-order valence-corrected chi connectivity index (χ4v) is 2.52. The first-order valence-corrected chi connectivity index (χ1v) is 7.33. The highest BCUT2D eigenvalue weighted by molar-refractivity contribution is 8.13. The number of thioether (sulfide) groups is 1. The van der Waals surface area contributed by atoms with Crippen LogP contribution in [-0.4, -0.2) is 36.2 Å². The maximum absolute atomic E-state index is 12.5. The molecule has 106 valence electrons. The SMILES string of the molecule is CCSC1=NC(N)C(C(=O)c2ccccc2OC)C=N1. The van der Waals surface area contributed by atoms with Gasteiger partial charge in [0.05, 0.1) is 18.6 Å². The minimum Gasteiger partial charge on any atom is -0.496 e. The van der Waals surface area contributed by atoms with Gasteiger partial charge >= 0.3 is 0 Å². The molecule has 0 amide bonds. The van der Waals surface area contributed by atoms with Crippen LogP contribution < -0.4 is 10.5 Å². The number of para-hydroxylation sites is 1. The summed E-state index contributed by atoms with van der Waals surface area (Å²) >= 11 is 1.51. The Morgan fingerprint density at radius 3 is 2.85 bits per heavy atom. The fourth-order valence-electron chi connectivity index (χ4n) is 1.93. The van der Waals surface area contributed by atoms with Crippen LogP contribution in [0, 0.1) is 5.92 Å². The van der Waals surface area contributed by atoms with Gasteiger partial charge in [-0.15, -0.1) is 0 Å². The largest absolute Gasteiger partial charge is 0.496 e. The second-order valence-corrected chi connectivity index (χ2v) is 5.43. The van der Waals surface area contributed by atoms with Crippen LogP contribution in [0.5, 0.6) is 5.75 Å². The zero-order valence-corrected chi connectivity index (χ0v) is 12.3. The summed E-state index contributed by atoms with van der Waals surface area (Å²) in [5.74, 6) is 0.736. The third-order valence-electron chi connectivity index (χ3n) is 2.92. The number of rotatable bonds is 4. The van der Waals surface area contributed by atoms with Crippen LogP contribution in [0.2, 0.25) is 0 Å². The molecule has 20 heavy (non-hydrogen) atoms. The number of amidine groups is 1. The molecule has 0 saturated carbocycles. The van der Waals surface area contributed by atoms with Crippen LogP contribution in [0.3, 0.4) is 0 Å². The maximum atomic E-state index is 12.5. The van der Waals surface area contributed by atoms with Crippen molar-refractivity contribution >= 4 is 28.9 Å². The van der Waals surface area contributed by atoms with E-state index in [2.05, 4.69) is 9.98 Å². The van der Waals surface area contributed by atoms with E-state index in [1.807, 2.05) is 13.0 Å². The Hall–Kier alpha value is -1.66. The molecule has 0 spiro atoms. The Balaban J connectivity index is 2.21. The third kappa shape index (κ3) is 3.08. The molecule has 2 N–H and O–H groups in total. The second kappa shape index (κ2) is 6.67. The molecule has 1 aliphatic rings. The first-order chi connectivity index (χ1) is 9.67. The number of hydrogen-bond donors (Lipinski definition) is 1. The van der Waals surface area contributed by atoms with Crippen LogP contribution in [0.1, 0.15) is 17.3 Å². The van der Waals surface area contributed by atoms with E-state index in [0.717, 1.165) is 5.75 Å². The topological polar surface area (TPSA) is 77.0 Å². The number of nitrogens with zero attached hydrogens (tertiary/aromatic N) is 2. The molecule has 1 aliphatic heterocycles. The average Bonchev–Trinajstić information content (AvgIpc) is 2.47. The summed E-state index contributed by atoms with van der Waals surface area (Å²) in [7, 11) is 1.54. The lowest BCUT2D eigenvalue weighted by Gasteiger charge is -2.20. The van der Waals surface area contributed by atoms with Crippen LogP contribution in [0.4, 0.5) is 0 Å². The molecule has 6 heteroatoms. The van der Waals surface area contributed by atoms with Crippen molar-refractivity contribution in [3.8, 4) is 5.75 Å². The lowest BCUT2D eigenvalue weighted by atomic mass is 9.95. The number of hydrogen-bond acceptors (Lipinski definition) is 6. The molecule has 0 bridgehead atoms. The third-order valence-corrected chi connectivity index (χ3v) is 3.68. The van der Waals surface area contributed by atoms with Crippen molar-refractivity contribution in [3.63, 3.8) is 0 Å². The highest BCUT2D eigenvalue weighted by Gasteiger charge is 2.29. The fraction of sp³-hybridized carbons (Fsp3) is 0.357. The van der Waals surface area contributed by atoms with Gasteiger partial charge in [-0.3, -0.25) is 4.79 Å². The summed E-state index contributed by atoms with van der Waals surface area (Å²) in [5, 5.41) is 0.629. The maximum Gasteiger partial charge on any atom is 0.184 e. The molecule has 0 aromatic heterocycles. The van der Waals surface area contributed by atoms with Crippen molar-refractivity contribution in [1.29, 1.82) is 0 Å². The molecule has 2 atom stereocenters. The van der Waals surface area contributed by atoms with E-state index in [1.54, 1.807) is 24.4 Å². The van der Waals surface area contributed by atoms with Crippen molar-refractivity contribution in [2.45, 2.75) is 13.1 Å². The van der Waals surface area contributed by atoms with E-state index in [4.69, 9.17) is 10.5 Å². The van der Waals surface area contributed by atoms with Gasteiger partial charge in [0.1, 0.15) is 11.9 Å². The Morgan fingerprint density at radius 2 is 2.20 bits per heavy atom. The Kier molecular flexibility index (Phi) is 4.92. The van der Waals surface area contributed by atoms with E-state index in [9.17, 15) is 4.79 Å². The second-order valence-electron chi connectivity index (χ2n) is 4.20. The quantitative estimate of drug-likeness (QED) is 0.860. The van der Waals surface area contributed by atoms with Gasteiger partial charge in [-0.25, -0.2) is 9.98 Å². The predicted octanol–water partition coefficient (Wildman–Crippen LogP) is 1.97. The summed E-state index contributed by atoms with van der Waals surface area (Å²) in [4.78, 5) is 21.0. The van der Waals surface area contributed by atoms with E-state index >= 15 is 0 Å². The average molecular weight is 291 g/mol. The van der Waals surface area contributed by atoms with E-state index in [-0.39, 0.29) is 5.78 Å². The van der Waals surface area contributed by atoms with Crippen molar-refractivity contribution in [2.24, 2.45) is 21.6 Å². The molecule has 0 aliphatic carbocycles. The molecule has 0 fully saturated rings. The van der Waals surface area contributed by atoms with Crippen molar-refractivity contribution < 1.29 is 9.53 Å². The number of nitrogens with two attached hydrogens (primary N) is 1. The zero-order valence-electron chi connectivity index (χ0n) is 11.4. The Morgan fingerprint density at radius 1 is 1.45 bits per heavy atom. The van der Waals surface area contributed by atoms with E-state index in [0.29, 0.717) is 16.5 Å². The van der Waals surface area contributed by atoms with Crippen LogP contribution >= 0.6 is 11.8 Å². The zero-order chi connectivity index (χ0) is 14.5. The minimum absolute atomic E-state index is 0.122. The molecule has 2 rings (SSSR count). The molecule has 1 heterocycles. The highest BCUT2D eigenvalue weighted by Crippen LogP contribution is 2.23. The predicted molar refractivity (Wildman–Crippen MR) is 82.8 cm³/mol.